The maximum Gasteiger partial charge on any atom is 0.0566 e. The fourth-order valence-electron chi connectivity index (χ4n) is 6.60. The molecule has 174 valence electrons. The van der Waals surface area contributed by atoms with Gasteiger partial charge in [0, 0.05) is 21.7 Å². The minimum atomic E-state index is 0.282. The van der Waals surface area contributed by atoms with Crippen molar-refractivity contribution in [1.29, 1.82) is 0 Å². The molecule has 0 radical (unpaired) electrons. The zero-order valence-electron chi connectivity index (χ0n) is 19.8. The molecule has 4 rings (SSSR count). The van der Waals surface area contributed by atoms with Crippen molar-refractivity contribution < 1.29 is 18.9 Å². The summed E-state index contributed by atoms with van der Waals surface area (Å²) in [7, 11) is 0. The summed E-state index contributed by atoms with van der Waals surface area (Å²) < 4.78 is 24.3. The average Bonchev–Trinajstić information content (AvgIpc) is 2.73. The van der Waals surface area contributed by atoms with E-state index in [9.17, 15) is 0 Å². The second-order valence-corrected chi connectivity index (χ2v) is 11.4. The second-order valence-electron chi connectivity index (χ2n) is 11.4. The lowest BCUT2D eigenvalue weighted by Gasteiger charge is -2.55. The molecule has 0 amide bonds. The Balaban J connectivity index is 1.44. The molecule has 4 aliphatic rings. The van der Waals surface area contributed by atoms with Crippen LogP contribution in [-0.4, -0.2) is 52.9 Å². The summed E-state index contributed by atoms with van der Waals surface area (Å²) in [5.41, 5.74) is 1.18. The van der Waals surface area contributed by atoms with Crippen molar-refractivity contribution in [3.8, 4) is 0 Å². The molecule has 2 aliphatic heterocycles. The highest BCUT2D eigenvalue weighted by atomic mass is 16.5. The maximum absolute atomic E-state index is 6.60. The van der Waals surface area contributed by atoms with Crippen LogP contribution in [0.3, 0.4) is 0 Å². The fraction of sp³-hybridized carbons (Fsp3) is 1.00. The Kier molecular flexibility index (Phi) is 7.49. The van der Waals surface area contributed by atoms with Gasteiger partial charge in [-0.15, -0.1) is 0 Å². The highest BCUT2D eigenvalue weighted by Crippen LogP contribution is 2.57. The lowest BCUT2D eigenvalue weighted by Crippen LogP contribution is -2.53. The third-order valence-corrected chi connectivity index (χ3v) is 9.45. The smallest absolute Gasteiger partial charge is 0.0566 e. The van der Waals surface area contributed by atoms with Crippen LogP contribution >= 0.6 is 0 Å². The van der Waals surface area contributed by atoms with E-state index in [2.05, 4.69) is 13.8 Å². The number of hydrogen-bond donors (Lipinski definition) is 0. The molecular formula is C26H46O4. The van der Waals surface area contributed by atoms with Gasteiger partial charge in [0.15, 0.2) is 0 Å². The molecule has 2 saturated heterocycles. The van der Waals surface area contributed by atoms with Gasteiger partial charge in [-0.2, -0.15) is 0 Å². The fourth-order valence-corrected chi connectivity index (χ4v) is 6.60. The first-order chi connectivity index (χ1) is 14.6. The monoisotopic (exact) mass is 422 g/mol. The lowest BCUT2D eigenvalue weighted by atomic mass is 9.52. The molecule has 0 bridgehead atoms. The van der Waals surface area contributed by atoms with Gasteiger partial charge in [-0.1, -0.05) is 52.4 Å². The van der Waals surface area contributed by atoms with Gasteiger partial charge in [0.1, 0.15) is 0 Å². The van der Waals surface area contributed by atoms with Crippen molar-refractivity contribution in [3.05, 3.63) is 0 Å². The van der Waals surface area contributed by atoms with Gasteiger partial charge in [-0.3, -0.25) is 0 Å². The number of ether oxygens (including phenoxy) is 4. The van der Waals surface area contributed by atoms with Crippen LogP contribution in [-0.2, 0) is 18.9 Å². The zero-order valence-corrected chi connectivity index (χ0v) is 19.8. The molecule has 30 heavy (non-hydrogen) atoms. The van der Waals surface area contributed by atoms with Gasteiger partial charge in [-0.05, 0) is 38.5 Å². The van der Waals surface area contributed by atoms with E-state index in [1.165, 1.54) is 64.2 Å². The molecule has 4 fully saturated rings. The van der Waals surface area contributed by atoms with E-state index < -0.39 is 0 Å². The molecule has 0 N–H and O–H groups in total. The predicted octanol–water partition coefficient (Wildman–Crippen LogP) is 5.77. The van der Waals surface area contributed by atoms with Crippen molar-refractivity contribution >= 4 is 0 Å². The van der Waals surface area contributed by atoms with Gasteiger partial charge in [0.05, 0.1) is 52.9 Å². The van der Waals surface area contributed by atoms with Crippen molar-refractivity contribution in [2.45, 2.75) is 90.9 Å². The van der Waals surface area contributed by atoms with Crippen molar-refractivity contribution in [1.82, 2.24) is 0 Å². The molecule has 0 aromatic heterocycles. The predicted molar refractivity (Wildman–Crippen MR) is 120 cm³/mol. The van der Waals surface area contributed by atoms with E-state index in [4.69, 9.17) is 18.9 Å². The van der Waals surface area contributed by atoms with Gasteiger partial charge in [0.2, 0.25) is 0 Å². The van der Waals surface area contributed by atoms with Gasteiger partial charge in [0.25, 0.3) is 0 Å². The van der Waals surface area contributed by atoms with Gasteiger partial charge >= 0.3 is 0 Å². The highest BCUT2D eigenvalue weighted by molar-refractivity contribution is 5.01. The van der Waals surface area contributed by atoms with Crippen LogP contribution in [0.5, 0.6) is 0 Å². The minimum absolute atomic E-state index is 0.282. The zero-order chi connectivity index (χ0) is 21.0. The van der Waals surface area contributed by atoms with Crippen molar-refractivity contribution in [2.75, 3.05) is 52.9 Å². The van der Waals surface area contributed by atoms with Crippen LogP contribution < -0.4 is 0 Å². The van der Waals surface area contributed by atoms with E-state index >= 15 is 0 Å². The molecule has 0 aromatic carbocycles. The van der Waals surface area contributed by atoms with E-state index in [0.717, 1.165) is 65.7 Å². The molecular weight excluding hydrogens is 376 g/mol. The Labute approximate surface area is 184 Å². The Morgan fingerprint density at radius 3 is 1.17 bits per heavy atom. The van der Waals surface area contributed by atoms with Gasteiger partial charge in [-0.25, -0.2) is 0 Å². The first kappa shape index (κ1) is 23.0. The molecule has 2 aliphatic carbocycles. The SMILES string of the molecule is CCC1(COCC2(C3(COCC4(CC)COC4)CCCCC3)CCCCC2)COC1. The molecule has 2 saturated carbocycles. The highest BCUT2D eigenvalue weighted by Gasteiger charge is 2.52. The first-order valence-electron chi connectivity index (χ1n) is 12.9. The summed E-state index contributed by atoms with van der Waals surface area (Å²) in [5, 5.41) is 0. The summed E-state index contributed by atoms with van der Waals surface area (Å²) in [6.07, 6.45) is 15.9. The molecule has 0 aromatic rings. The van der Waals surface area contributed by atoms with E-state index in [1.54, 1.807) is 0 Å². The van der Waals surface area contributed by atoms with Crippen molar-refractivity contribution in [2.24, 2.45) is 21.7 Å². The van der Waals surface area contributed by atoms with Crippen LogP contribution in [0, 0.1) is 21.7 Å². The molecule has 0 unspecified atom stereocenters. The maximum atomic E-state index is 6.60. The van der Waals surface area contributed by atoms with E-state index in [1.807, 2.05) is 0 Å². The Morgan fingerprint density at radius 2 is 0.900 bits per heavy atom. The third kappa shape index (κ3) is 4.49. The first-order valence-corrected chi connectivity index (χ1v) is 12.9. The Hall–Kier alpha value is -0.160. The molecule has 4 heteroatoms. The van der Waals surface area contributed by atoms with Crippen LogP contribution in [0.2, 0.25) is 0 Å². The Bertz CT molecular complexity index is 466. The van der Waals surface area contributed by atoms with Crippen LogP contribution in [0.4, 0.5) is 0 Å². The summed E-state index contributed by atoms with van der Waals surface area (Å²) in [6, 6.07) is 0. The second kappa shape index (κ2) is 9.77. The number of hydrogen-bond acceptors (Lipinski definition) is 4. The molecule has 0 spiro atoms. The van der Waals surface area contributed by atoms with Gasteiger partial charge < -0.3 is 18.9 Å². The van der Waals surface area contributed by atoms with E-state index in [-0.39, 0.29) is 10.8 Å². The normalized spacial score (nSPS) is 29.0. The largest absolute Gasteiger partial charge is 0.380 e. The molecule has 2 heterocycles. The third-order valence-electron chi connectivity index (χ3n) is 9.45. The summed E-state index contributed by atoms with van der Waals surface area (Å²) in [6.45, 7) is 11.7. The standard InChI is InChI=1S/C26H46O4/c1-3-23(15-27-16-23)19-29-21-25(11-7-5-8-12-25)26(13-9-6-10-14-26)22-30-20-24(4-2)17-28-18-24/h3-22H2,1-2H3. The van der Waals surface area contributed by atoms with Crippen LogP contribution in [0.25, 0.3) is 0 Å². The van der Waals surface area contributed by atoms with Crippen molar-refractivity contribution in [3.63, 3.8) is 0 Å². The number of rotatable bonds is 11. The average molecular weight is 423 g/mol. The topological polar surface area (TPSA) is 36.9 Å². The quantitative estimate of drug-likeness (QED) is 0.423. The lowest BCUT2D eigenvalue weighted by molar-refractivity contribution is -0.191. The van der Waals surface area contributed by atoms with Crippen LogP contribution in [0.1, 0.15) is 90.9 Å². The molecule has 4 nitrogen and oxygen atoms in total. The summed E-state index contributed by atoms with van der Waals surface area (Å²) in [4.78, 5) is 0. The van der Waals surface area contributed by atoms with Crippen LogP contribution in [0.15, 0.2) is 0 Å². The summed E-state index contributed by atoms with van der Waals surface area (Å²) in [5.74, 6) is 0. The molecule has 0 atom stereocenters. The minimum Gasteiger partial charge on any atom is -0.380 e. The Morgan fingerprint density at radius 1 is 0.533 bits per heavy atom. The summed E-state index contributed by atoms with van der Waals surface area (Å²) >= 11 is 0. The van der Waals surface area contributed by atoms with E-state index in [0.29, 0.717) is 10.8 Å².